The molecule has 3 heteroatoms. The molecule has 1 aliphatic heterocycles. The Morgan fingerprint density at radius 3 is 2.77 bits per heavy atom. The summed E-state index contributed by atoms with van der Waals surface area (Å²) in [5.41, 5.74) is 5.41. The molecular weight excluding hydrogens is 164 g/mol. The largest absolute Gasteiger partial charge is 0.390 e. The van der Waals surface area contributed by atoms with Crippen LogP contribution in [0, 0.1) is 5.92 Å². The highest BCUT2D eigenvalue weighted by Crippen LogP contribution is 2.39. The van der Waals surface area contributed by atoms with Crippen molar-refractivity contribution in [3.05, 3.63) is 0 Å². The van der Waals surface area contributed by atoms with Gasteiger partial charge in [0.1, 0.15) is 0 Å². The van der Waals surface area contributed by atoms with Crippen LogP contribution in [0.1, 0.15) is 25.7 Å². The molecule has 0 spiro atoms. The van der Waals surface area contributed by atoms with Gasteiger partial charge in [-0.15, -0.1) is 0 Å². The van der Waals surface area contributed by atoms with Gasteiger partial charge >= 0.3 is 0 Å². The Hall–Kier alpha value is -0.120. The molecule has 2 aliphatic rings. The highest BCUT2D eigenvalue weighted by atomic mass is 16.3. The van der Waals surface area contributed by atoms with Crippen LogP contribution < -0.4 is 5.73 Å². The molecule has 1 aliphatic carbocycles. The van der Waals surface area contributed by atoms with Crippen LogP contribution in [0.25, 0.3) is 0 Å². The van der Waals surface area contributed by atoms with Gasteiger partial charge in [-0.25, -0.2) is 0 Å². The molecule has 2 rings (SSSR count). The second-order valence-electron chi connectivity index (χ2n) is 4.43. The number of hydrogen-bond donors (Lipinski definition) is 2. The van der Waals surface area contributed by atoms with Crippen molar-refractivity contribution >= 4 is 0 Å². The predicted octanol–water partition coefficient (Wildman–Crippen LogP) is 0.180. The van der Waals surface area contributed by atoms with E-state index in [1.54, 1.807) is 0 Å². The summed E-state index contributed by atoms with van der Waals surface area (Å²) in [6.07, 6.45) is 5.12. The zero-order valence-electron chi connectivity index (χ0n) is 8.15. The lowest BCUT2D eigenvalue weighted by atomic mass is 10.1. The third kappa shape index (κ3) is 2.22. The average molecular weight is 184 g/mol. The van der Waals surface area contributed by atoms with Gasteiger partial charge in [0, 0.05) is 19.1 Å². The van der Waals surface area contributed by atoms with Crippen molar-refractivity contribution in [2.45, 2.75) is 37.8 Å². The van der Waals surface area contributed by atoms with Crippen LogP contribution in [0.4, 0.5) is 0 Å². The van der Waals surface area contributed by atoms with Crippen molar-refractivity contribution in [2.75, 3.05) is 19.6 Å². The van der Waals surface area contributed by atoms with Gasteiger partial charge in [-0.1, -0.05) is 0 Å². The molecule has 0 radical (unpaired) electrons. The molecule has 1 saturated carbocycles. The van der Waals surface area contributed by atoms with Crippen LogP contribution in [0.3, 0.4) is 0 Å². The number of nitrogens with two attached hydrogens (primary N) is 1. The van der Waals surface area contributed by atoms with Crippen molar-refractivity contribution in [3.63, 3.8) is 0 Å². The number of β-amino-alcohol motifs (C(OH)–C–C–N with tert-alkyl or cyclic N) is 1. The van der Waals surface area contributed by atoms with E-state index in [0.29, 0.717) is 6.54 Å². The van der Waals surface area contributed by atoms with E-state index in [9.17, 15) is 5.11 Å². The van der Waals surface area contributed by atoms with E-state index >= 15 is 0 Å². The highest BCUT2D eigenvalue weighted by molar-refractivity contribution is 4.92. The van der Waals surface area contributed by atoms with E-state index in [2.05, 4.69) is 4.90 Å². The monoisotopic (exact) mass is 184 g/mol. The molecule has 0 bridgehead atoms. The fourth-order valence-electron chi connectivity index (χ4n) is 2.44. The topological polar surface area (TPSA) is 49.5 Å². The number of nitrogens with zero attached hydrogens (tertiary/aromatic N) is 1. The summed E-state index contributed by atoms with van der Waals surface area (Å²) in [6.45, 7) is 2.35. The molecule has 0 amide bonds. The van der Waals surface area contributed by atoms with Gasteiger partial charge in [-0.05, 0) is 38.1 Å². The minimum Gasteiger partial charge on any atom is -0.390 e. The molecule has 0 aromatic rings. The predicted molar refractivity (Wildman–Crippen MR) is 52.4 cm³/mol. The molecule has 2 fully saturated rings. The quantitative estimate of drug-likeness (QED) is 0.655. The summed E-state index contributed by atoms with van der Waals surface area (Å²) < 4.78 is 0. The van der Waals surface area contributed by atoms with E-state index in [0.717, 1.165) is 25.0 Å². The van der Waals surface area contributed by atoms with E-state index in [1.165, 1.54) is 25.7 Å². The molecule has 3 nitrogen and oxygen atoms in total. The number of rotatable bonds is 4. The van der Waals surface area contributed by atoms with Gasteiger partial charge in [0.25, 0.3) is 0 Å². The maximum absolute atomic E-state index is 9.47. The second-order valence-corrected chi connectivity index (χ2v) is 4.43. The third-order valence-corrected chi connectivity index (χ3v) is 3.30. The summed E-state index contributed by atoms with van der Waals surface area (Å²) in [6, 6.07) is 0.765. The maximum Gasteiger partial charge on any atom is 0.0789 e. The van der Waals surface area contributed by atoms with Gasteiger partial charge in [-0.2, -0.15) is 0 Å². The second kappa shape index (κ2) is 3.95. The highest BCUT2D eigenvalue weighted by Gasteiger charge is 2.38. The standard InChI is InChI=1S/C10H20N2O/c11-6-9(13)7-12-5-1-2-10(12)8-3-4-8/h8-10,13H,1-7,11H2/t9-,10?/m0/s1. The zero-order valence-corrected chi connectivity index (χ0v) is 8.15. The number of aliphatic hydroxyl groups is 1. The lowest BCUT2D eigenvalue weighted by molar-refractivity contribution is 0.106. The molecule has 0 aromatic carbocycles. The molecule has 0 aromatic heterocycles. The zero-order chi connectivity index (χ0) is 9.26. The molecule has 2 atom stereocenters. The summed E-state index contributed by atoms with van der Waals surface area (Å²) in [5.74, 6) is 0.937. The summed E-state index contributed by atoms with van der Waals surface area (Å²) >= 11 is 0. The van der Waals surface area contributed by atoms with Crippen molar-refractivity contribution in [2.24, 2.45) is 11.7 Å². The van der Waals surface area contributed by atoms with E-state index in [-0.39, 0.29) is 6.10 Å². The Morgan fingerprint density at radius 1 is 1.38 bits per heavy atom. The first kappa shape index (κ1) is 9.44. The number of aliphatic hydroxyl groups excluding tert-OH is 1. The van der Waals surface area contributed by atoms with Crippen molar-refractivity contribution in [3.8, 4) is 0 Å². The van der Waals surface area contributed by atoms with Crippen molar-refractivity contribution in [1.29, 1.82) is 0 Å². The first-order valence-corrected chi connectivity index (χ1v) is 5.43. The fourth-order valence-corrected chi connectivity index (χ4v) is 2.44. The first-order chi connectivity index (χ1) is 6.31. The van der Waals surface area contributed by atoms with Crippen LogP contribution in [0.15, 0.2) is 0 Å². The van der Waals surface area contributed by atoms with Crippen molar-refractivity contribution in [1.82, 2.24) is 4.90 Å². The molecule has 13 heavy (non-hydrogen) atoms. The van der Waals surface area contributed by atoms with E-state index in [4.69, 9.17) is 5.73 Å². The normalized spacial score (nSPS) is 32.3. The van der Waals surface area contributed by atoms with E-state index < -0.39 is 0 Å². The van der Waals surface area contributed by atoms with Crippen molar-refractivity contribution < 1.29 is 5.11 Å². The van der Waals surface area contributed by atoms with Crippen LogP contribution in [0.2, 0.25) is 0 Å². The fraction of sp³-hybridized carbons (Fsp3) is 1.00. The van der Waals surface area contributed by atoms with E-state index in [1.807, 2.05) is 0 Å². The van der Waals surface area contributed by atoms with Gasteiger partial charge in [0.15, 0.2) is 0 Å². The lowest BCUT2D eigenvalue weighted by Gasteiger charge is -2.26. The molecule has 76 valence electrons. The number of likely N-dealkylation sites (tertiary alicyclic amines) is 1. The molecule has 1 unspecified atom stereocenters. The Bertz CT molecular complexity index is 170. The van der Waals surface area contributed by atoms with Gasteiger partial charge < -0.3 is 10.8 Å². The first-order valence-electron chi connectivity index (χ1n) is 5.43. The Kier molecular flexibility index (Phi) is 2.86. The summed E-state index contributed by atoms with van der Waals surface area (Å²) in [5, 5.41) is 9.47. The smallest absolute Gasteiger partial charge is 0.0789 e. The summed E-state index contributed by atoms with van der Waals surface area (Å²) in [4.78, 5) is 2.44. The summed E-state index contributed by atoms with van der Waals surface area (Å²) in [7, 11) is 0. The van der Waals surface area contributed by atoms with Gasteiger partial charge in [0.2, 0.25) is 0 Å². The van der Waals surface area contributed by atoms with Gasteiger partial charge in [0.05, 0.1) is 6.10 Å². The Balaban J connectivity index is 1.82. The molecule has 1 heterocycles. The minimum absolute atomic E-state index is 0.320. The third-order valence-electron chi connectivity index (χ3n) is 3.30. The molecular formula is C10H20N2O. The Labute approximate surface area is 79.9 Å². The van der Waals surface area contributed by atoms with Crippen LogP contribution in [0.5, 0.6) is 0 Å². The van der Waals surface area contributed by atoms with Crippen LogP contribution in [-0.4, -0.2) is 41.8 Å². The molecule has 3 N–H and O–H groups in total. The SMILES string of the molecule is NC[C@H](O)CN1CCCC1C1CC1. The lowest BCUT2D eigenvalue weighted by Crippen LogP contribution is -2.40. The average Bonchev–Trinajstić information content (AvgIpc) is 2.88. The minimum atomic E-state index is -0.320. The van der Waals surface area contributed by atoms with Crippen LogP contribution in [-0.2, 0) is 0 Å². The van der Waals surface area contributed by atoms with Crippen LogP contribution >= 0.6 is 0 Å². The van der Waals surface area contributed by atoms with Gasteiger partial charge in [-0.3, -0.25) is 4.90 Å². The maximum atomic E-state index is 9.47. The molecule has 1 saturated heterocycles. The Morgan fingerprint density at radius 2 is 2.15 bits per heavy atom. The number of hydrogen-bond acceptors (Lipinski definition) is 3.